The maximum absolute atomic E-state index is 10.6. The summed E-state index contributed by atoms with van der Waals surface area (Å²) in [5.74, 6) is -0.812. The molecule has 0 N–H and O–H groups in total. The van der Waals surface area contributed by atoms with Crippen molar-refractivity contribution in [2.75, 3.05) is 0 Å². The summed E-state index contributed by atoms with van der Waals surface area (Å²) in [5.41, 5.74) is 0.857. The molecule has 1 aromatic carbocycles. The van der Waals surface area contributed by atoms with E-state index < -0.39 is 10.7 Å². The molecule has 17 heavy (non-hydrogen) atoms. The molecule has 0 aromatic heterocycles. The van der Waals surface area contributed by atoms with Crippen LogP contribution < -0.4 is 0 Å². The van der Waals surface area contributed by atoms with Crippen molar-refractivity contribution in [1.29, 1.82) is 0 Å². The van der Waals surface area contributed by atoms with Crippen LogP contribution in [-0.4, -0.2) is 17.1 Å². The van der Waals surface area contributed by atoms with Crippen LogP contribution in [-0.2, 0) is 15.3 Å². The van der Waals surface area contributed by atoms with Gasteiger partial charge in [0.2, 0.25) is 0 Å². The van der Waals surface area contributed by atoms with Gasteiger partial charge in [-0.2, -0.15) is 0 Å². The van der Waals surface area contributed by atoms with Crippen LogP contribution in [0.2, 0.25) is 0 Å². The van der Waals surface area contributed by atoms with Crippen molar-refractivity contribution in [3.05, 3.63) is 39.9 Å². The largest absolute Gasteiger partial charge is 0.340 e. The van der Waals surface area contributed by atoms with Gasteiger partial charge >= 0.3 is 0 Å². The molecule has 2 atom stereocenters. The molecule has 1 heterocycles. The molecular formula is C12H15NO4. The molecule has 0 bridgehead atoms. The first kappa shape index (κ1) is 12.0. The van der Waals surface area contributed by atoms with E-state index >= 15 is 0 Å². The Morgan fingerprint density at radius 3 is 2.06 bits per heavy atom. The predicted molar refractivity (Wildman–Crippen MR) is 61.5 cm³/mol. The van der Waals surface area contributed by atoms with Crippen molar-refractivity contribution < 1.29 is 14.4 Å². The molecule has 0 spiro atoms. The van der Waals surface area contributed by atoms with Gasteiger partial charge in [0.15, 0.2) is 5.79 Å². The summed E-state index contributed by atoms with van der Waals surface area (Å²) >= 11 is 0. The third kappa shape index (κ3) is 2.16. The zero-order valence-electron chi connectivity index (χ0n) is 10.0. The number of nitro benzene ring substituents is 1. The van der Waals surface area contributed by atoms with Gasteiger partial charge in [-0.25, -0.2) is 0 Å². The zero-order chi connectivity index (χ0) is 12.6. The van der Waals surface area contributed by atoms with Gasteiger partial charge in [0.05, 0.1) is 17.1 Å². The number of non-ortho nitro benzene ring substituents is 1. The highest BCUT2D eigenvalue weighted by molar-refractivity contribution is 5.34. The summed E-state index contributed by atoms with van der Waals surface area (Å²) in [6.07, 6.45) is 0.0189. The summed E-state index contributed by atoms with van der Waals surface area (Å²) in [4.78, 5) is 10.1. The van der Waals surface area contributed by atoms with Crippen LogP contribution in [0.15, 0.2) is 24.3 Å². The fraction of sp³-hybridized carbons (Fsp3) is 0.500. The molecule has 2 unspecified atom stereocenters. The Bertz CT molecular complexity index is 419. The van der Waals surface area contributed by atoms with E-state index in [1.54, 1.807) is 12.1 Å². The molecule has 1 aromatic rings. The van der Waals surface area contributed by atoms with E-state index in [2.05, 4.69) is 0 Å². The van der Waals surface area contributed by atoms with Crippen LogP contribution in [0.3, 0.4) is 0 Å². The fourth-order valence-corrected chi connectivity index (χ4v) is 1.95. The standard InChI is InChI=1S/C12H15NO4/c1-8-9(2)17-12(3,16-8)10-4-6-11(7-5-10)13(14)15/h4-9H,1-3H3. The fourth-order valence-electron chi connectivity index (χ4n) is 1.95. The maximum Gasteiger partial charge on any atom is 0.269 e. The van der Waals surface area contributed by atoms with Crippen LogP contribution in [0.25, 0.3) is 0 Å². The lowest BCUT2D eigenvalue weighted by molar-refractivity contribution is -0.384. The van der Waals surface area contributed by atoms with E-state index in [0.29, 0.717) is 0 Å². The number of ether oxygens (including phenoxy) is 2. The smallest absolute Gasteiger partial charge is 0.269 e. The quantitative estimate of drug-likeness (QED) is 0.586. The second-order valence-corrected chi connectivity index (χ2v) is 4.40. The van der Waals surface area contributed by atoms with Crippen molar-refractivity contribution in [3.63, 3.8) is 0 Å². The number of hydrogen-bond donors (Lipinski definition) is 0. The third-order valence-electron chi connectivity index (χ3n) is 3.09. The Hall–Kier alpha value is -1.46. The Balaban J connectivity index is 2.26. The molecule has 2 rings (SSSR count). The average Bonchev–Trinajstić information content (AvgIpc) is 2.54. The molecule has 5 heteroatoms. The van der Waals surface area contributed by atoms with E-state index in [0.717, 1.165) is 5.56 Å². The average molecular weight is 237 g/mol. The topological polar surface area (TPSA) is 61.6 Å². The van der Waals surface area contributed by atoms with Gasteiger partial charge in [-0.3, -0.25) is 10.1 Å². The Labute approximate surface area is 99.5 Å². The minimum atomic E-state index is -0.812. The van der Waals surface area contributed by atoms with Gasteiger partial charge in [0.1, 0.15) is 0 Å². The SMILES string of the molecule is CC1OC(C)(c2ccc([N+](=O)[O-])cc2)OC1C. The van der Waals surface area contributed by atoms with Crippen LogP contribution in [0.5, 0.6) is 0 Å². The lowest BCUT2D eigenvalue weighted by atomic mass is 10.1. The van der Waals surface area contributed by atoms with Gasteiger partial charge in [0, 0.05) is 17.7 Å². The number of benzene rings is 1. The number of nitrogens with zero attached hydrogens (tertiary/aromatic N) is 1. The monoisotopic (exact) mass is 237 g/mol. The normalized spacial score (nSPS) is 32.6. The van der Waals surface area contributed by atoms with Gasteiger partial charge in [0.25, 0.3) is 5.69 Å². The molecule has 1 aliphatic rings. The highest BCUT2D eigenvalue weighted by atomic mass is 16.8. The van der Waals surface area contributed by atoms with Crippen molar-refractivity contribution in [2.45, 2.75) is 38.8 Å². The van der Waals surface area contributed by atoms with Gasteiger partial charge in [-0.05, 0) is 32.9 Å². The second-order valence-electron chi connectivity index (χ2n) is 4.40. The van der Waals surface area contributed by atoms with E-state index in [9.17, 15) is 10.1 Å². The third-order valence-corrected chi connectivity index (χ3v) is 3.09. The summed E-state index contributed by atoms with van der Waals surface area (Å²) in [7, 11) is 0. The molecule has 0 aliphatic carbocycles. The molecular weight excluding hydrogens is 222 g/mol. The Kier molecular flexibility index (Phi) is 2.89. The Morgan fingerprint density at radius 1 is 1.18 bits per heavy atom. The maximum atomic E-state index is 10.6. The molecule has 0 amide bonds. The summed E-state index contributed by atoms with van der Waals surface area (Å²) in [5, 5.41) is 10.6. The summed E-state index contributed by atoms with van der Waals surface area (Å²) in [6, 6.07) is 6.26. The van der Waals surface area contributed by atoms with Crippen LogP contribution in [0, 0.1) is 10.1 Å². The zero-order valence-corrected chi connectivity index (χ0v) is 10.0. The lowest BCUT2D eigenvalue weighted by Gasteiger charge is -2.23. The van der Waals surface area contributed by atoms with E-state index in [-0.39, 0.29) is 17.9 Å². The number of rotatable bonds is 2. The minimum Gasteiger partial charge on any atom is -0.340 e. The van der Waals surface area contributed by atoms with Crippen molar-refractivity contribution >= 4 is 5.69 Å². The molecule has 0 saturated carbocycles. The molecule has 1 saturated heterocycles. The van der Waals surface area contributed by atoms with E-state index in [1.807, 2.05) is 20.8 Å². The predicted octanol–water partition coefficient (Wildman–Crippen LogP) is 2.59. The first-order chi connectivity index (χ1) is 7.92. The van der Waals surface area contributed by atoms with Crippen LogP contribution in [0.1, 0.15) is 26.3 Å². The van der Waals surface area contributed by atoms with Crippen molar-refractivity contribution in [1.82, 2.24) is 0 Å². The van der Waals surface area contributed by atoms with E-state index in [4.69, 9.17) is 9.47 Å². The Morgan fingerprint density at radius 2 is 1.65 bits per heavy atom. The number of nitro groups is 1. The summed E-state index contributed by atoms with van der Waals surface area (Å²) in [6.45, 7) is 5.72. The molecule has 1 aliphatic heterocycles. The lowest BCUT2D eigenvalue weighted by Crippen LogP contribution is -2.23. The van der Waals surface area contributed by atoms with Crippen molar-refractivity contribution in [2.24, 2.45) is 0 Å². The molecule has 92 valence electrons. The highest BCUT2D eigenvalue weighted by Crippen LogP contribution is 2.37. The first-order valence-electron chi connectivity index (χ1n) is 5.53. The van der Waals surface area contributed by atoms with Gasteiger partial charge in [-0.1, -0.05) is 0 Å². The second kappa shape index (κ2) is 4.09. The van der Waals surface area contributed by atoms with Gasteiger partial charge in [-0.15, -0.1) is 0 Å². The molecule has 5 nitrogen and oxygen atoms in total. The van der Waals surface area contributed by atoms with E-state index in [1.165, 1.54) is 12.1 Å². The molecule has 1 fully saturated rings. The van der Waals surface area contributed by atoms with Crippen LogP contribution >= 0.6 is 0 Å². The molecule has 0 radical (unpaired) electrons. The number of hydrogen-bond acceptors (Lipinski definition) is 4. The van der Waals surface area contributed by atoms with Crippen LogP contribution in [0.4, 0.5) is 5.69 Å². The highest BCUT2D eigenvalue weighted by Gasteiger charge is 2.41. The summed E-state index contributed by atoms with van der Waals surface area (Å²) < 4.78 is 11.5. The van der Waals surface area contributed by atoms with Gasteiger partial charge < -0.3 is 9.47 Å². The first-order valence-corrected chi connectivity index (χ1v) is 5.53. The minimum absolute atomic E-state index is 0.00944. The van der Waals surface area contributed by atoms with Crippen molar-refractivity contribution in [3.8, 4) is 0 Å².